The maximum absolute atomic E-state index is 13.7. The average molecular weight is 370 g/mol. The lowest BCUT2D eigenvalue weighted by Gasteiger charge is -2.33. The van der Waals surface area contributed by atoms with E-state index in [2.05, 4.69) is 0 Å². The Morgan fingerprint density at radius 2 is 1.78 bits per heavy atom. The number of amides is 2. The standard InChI is InChI=1S/C21H23FN2O3/c1-27-20(25)17-10-8-16(9-11-17)15-24(19-7-5-6-18(22)14-19)21(26)23-12-3-2-4-13-23/h5-11,14H,2-4,12-13,15H2,1H3. The van der Waals surface area contributed by atoms with Crippen molar-refractivity contribution in [3.63, 3.8) is 0 Å². The third-order valence-corrected chi connectivity index (χ3v) is 4.69. The Balaban J connectivity index is 1.85. The number of nitrogens with zero attached hydrogens (tertiary/aromatic N) is 2. The lowest BCUT2D eigenvalue weighted by molar-refractivity contribution is 0.0600. The first-order valence-corrected chi connectivity index (χ1v) is 9.08. The van der Waals surface area contributed by atoms with Gasteiger partial charge in [-0.25, -0.2) is 14.0 Å². The van der Waals surface area contributed by atoms with Gasteiger partial charge in [0.05, 0.1) is 19.2 Å². The minimum atomic E-state index is -0.409. The van der Waals surface area contributed by atoms with Crippen LogP contribution in [-0.4, -0.2) is 37.1 Å². The van der Waals surface area contributed by atoms with E-state index < -0.39 is 5.97 Å². The molecule has 0 saturated carbocycles. The van der Waals surface area contributed by atoms with E-state index in [9.17, 15) is 14.0 Å². The Morgan fingerprint density at radius 3 is 2.41 bits per heavy atom. The summed E-state index contributed by atoms with van der Waals surface area (Å²) in [6.07, 6.45) is 3.09. The topological polar surface area (TPSA) is 49.9 Å². The van der Waals surface area contributed by atoms with Crippen molar-refractivity contribution in [3.05, 3.63) is 65.5 Å². The van der Waals surface area contributed by atoms with E-state index in [1.165, 1.54) is 19.2 Å². The van der Waals surface area contributed by atoms with Crippen LogP contribution in [0, 0.1) is 5.82 Å². The molecule has 1 saturated heterocycles. The van der Waals surface area contributed by atoms with Crippen LogP contribution in [0.25, 0.3) is 0 Å². The molecule has 1 aliphatic heterocycles. The van der Waals surface area contributed by atoms with Crippen molar-refractivity contribution in [1.82, 2.24) is 4.90 Å². The number of halogens is 1. The number of benzene rings is 2. The number of piperidine rings is 1. The average Bonchev–Trinajstić information content (AvgIpc) is 2.72. The van der Waals surface area contributed by atoms with Crippen molar-refractivity contribution >= 4 is 17.7 Å². The molecule has 6 heteroatoms. The lowest BCUT2D eigenvalue weighted by Crippen LogP contribution is -2.45. The zero-order chi connectivity index (χ0) is 19.2. The predicted octanol–water partition coefficient (Wildman–Crippen LogP) is 4.22. The Labute approximate surface area is 158 Å². The van der Waals surface area contributed by atoms with Crippen LogP contribution in [0.4, 0.5) is 14.9 Å². The van der Waals surface area contributed by atoms with Gasteiger partial charge in [-0.05, 0) is 55.2 Å². The van der Waals surface area contributed by atoms with Crippen molar-refractivity contribution < 1.29 is 18.7 Å². The lowest BCUT2D eigenvalue weighted by atomic mass is 10.1. The number of rotatable bonds is 4. The molecule has 0 unspecified atom stereocenters. The summed E-state index contributed by atoms with van der Waals surface area (Å²) >= 11 is 0. The van der Waals surface area contributed by atoms with E-state index in [1.54, 1.807) is 41.3 Å². The molecule has 2 amide bonds. The summed E-state index contributed by atoms with van der Waals surface area (Å²) in [5.41, 5.74) is 1.81. The first-order chi connectivity index (χ1) is 13.1. The Hall–Kier alpha value is -2.89. The number of anilines is 1. The summed E-state index contributed by atoms with van der Waals surface area (Å²) in [6, 6.07) is 12.8. The highest BCUT2D eigenvalue weighted by atomic mass is 19.1. The van der Waals surface area contributed by atoms with Crippen LogP contribution in [0.3, 0.4) is 0 Å². The molecule has 27 heavy (non-hydrogen) atoms. The molecule has 0 N–H and O–H groups in total. The third-order valence-electron chi connectivity index (χ3n) is 4.69. The zero-order valence-electron chi connectivity index (χ0n) is 15.4. The van der Waals surface area contributed by atoms with Gasteiger partial charge >= 0.3 is 12.0 Å². The first kappa shape index (κ1) is 18.9. The summed E-state index contributed by atoms with van der Waals surface area (Å²) < 4.78 is 18.5. The third kappa shape index (κ3) is 4.64. The molecule has 1 heterocycles. The van der Waals surface area contributed by atoms with E-state index >= 15 is 0 Å². The normalized spacial score (nSPS) is 13.9. The molecule has 0 aromatic heterocycles. The maximum atomic E-state index is 13.7. The minimum Gasteiger partial charge on any atom is -0.465 e. The fraction of sp³-hybridized carbons (Fsp3) is 0.333. The number of carbonyl (C=O) groups is 2. The number of ether oxygens (including phenoxy) is 1. The summed E-state index contributed by atoms with van der Waals surface area (Å²) in [4.78, 5) is 28.1. The van der Waals surface area contributed by atoms with Gasteiger partial charge in [0.2, 0.25) is 0 Å². The molecule has 0 radical (unpaired) electrons. The SMILES string of the molecule is COC(=O)c1ccc(CN(C(=O)N2CCCCC2)c2cccc(F)c2)cc1. The van der Waals surface area contributed by atoms with Gasteiger partial charge < -0.3 is 9.64 Å². The number of hydrogen-bond donors (Lipinski definition) is 0. The molecule has 0 bridgehead atoms. The van der Waals surface area contributed by atoms with Gasteiger partial charge in [-0.2, -0.15) is 0 Å². The molecule has 142 valence electrons. The van der Waals surface area contributed by atoms with Crippen LogP contribution in [0.5, 0.6) is 0 Å². The molecule has 1 fully saturated rings. The van der Waals surface area contributed by atoms with Crippen molar-refractivity contribution in [2.75, 3.05) is 25.1 Å². The highest BCUT2D eigenvalue weighted by Crippen LogP contribution is 2.22. The van der Waals surface area contributed by atoms with Crippen molar-refractivity contribution in [3.8, 4) is 0 Å². The maximum Gasteiger partial charge on any atom is 0.337 e. The molecule has 2 aromatic rings. The number of esters is 1. The molecule has 0 aliphatic carbocycles. The molecular formula is C21H23FN2O3. The highest BCUT2D eigenvalue weighted by Gasteiger charge is 2.24. The monoisotopic (exact) mass is 370 g/mol. The van der Waals surface area contributed by atoms with E-state index in [1.807, 2.05) is 4.90 Å². The van der Waals surface area contributed by atoms with Gasteiger partial charge in [0.1, 0.15) is 5.82 Å². The smallest absolute Gasteiger partial charge is 0.337 e. The van der Waals surface area contributed by atoms with Crippen LogP contribution >= 0.6 is 0 Å². The van der Waals surface area contributed by atoms with Crippen LogP contribution in [0.2, 0.25) is 0 Å². The summed E-state index contributed by atoms with van der Waals surface area (Å²) in [6.45, 7) is 1.72. The second-order valence-electron chi connectivity index (χ2n) is 6.58. The highest BCUT2D eigenvalue weighted by molar-refractivity contribution is 5.92. The first-order valence-electron chi connectivity index (χ1n) is 9.08. The molecule has 5 nitrogen and oxygen atoms in total. The quantitative estimate of drug-likeness (QED) is 0.757. The number of methoxy groups -OCH3 is 1. The zero-order valence-corrected chi connectivity index (χ0v) is 15.4. The fourth-order valence-electron chi connectivity index (χ4n) is 3.22. The van der Waals surface area contributed by atoms with Crippen LogP contribution in [0.15, 0.2) is 48.5 Å². The summed E-state index contributed by atoms with van der Waals surface area (Å²) in [5, 5.41) is 0. The molecule has 3 rings (SSSR count). The number of likely N-dealkylation sites (tertiary alicyclic amines) is 1. The van der Waals surface area contributed by atoms with Gasteiger partial charge in [-0.15, -0.1) is 0 Å². The summed E-state index contributed by atoms with van der Waals surface area (Å²) in [5.74, 6) is -0.794. The number of urea groups is 1. The van der Waals surface area contributed by atoms with Crippen LogP contribution in [-0.2, 0) is 11.3 Å². The van der Waals surface area contributed by atoms with Crippen LogP contribution < -0.4 is 4.90 Å². The van der Waals surface area contributed by atoms with E-state index in [4.69, 9.17) is 4.74 Å². The van der Waals surface area contributed by atoms with Gasteiger partial charge in [0, 0.05) is 18.8 Å². The summed E-state index contributed by atoms with van der Waals surface area (Å²) in [7, 11) is 1.33. The molecule has 0 spiro atoms. The Kier molecular flexibility index (Phi) is 6.06. The molecule has 2 aromatic carbocycles. The van der Waals surface area contributed by atoms with E-state index in [-0.39, 0.29) is 11.8 Å². The van der Waals surface area contributed by atoms with Crippen molar-refractivity contribution in [2.45, 2.75) is 25.8 Å². The van der Waals surface area contributed by atoms with Gasteiger partial charge in [-0.3, -0.25) is 4.90 Å². The minimum absolute atomic E-state index is 0.127. The number of carbonyl (C=O) groups excluding carboxylic acids is 2. The Bertz CT molecular complexity index is 801. The van der Waals surface area contributed by atoms with E-state index in [0.29, 0.717) is 30.9 Å². The van der Waals surface area contributed by atoms with Crippen molar-refractivity contribution in [2.24, 2.45) is 0 Å². The second-order valence-corrected chi connectivity index (χ2v) is 6.58. The molecular weight excluding hydrogens is 347 g/mol. The predicted molar refractivity (Wildman–Crippen MR) is 101 cm³/mol. The fourth-order valence-corrected chi connectivity index (χ4v) is 3.22. The van der Waals surface area contributed by atoms with Gasteiger partial charge in [-0.1, -0.05) is 18.2 Å². The van der Waals surface area contributed by atoms with E-state index in [0.717, 1.165) is 24.8 Å². The molecule has 1 aliphatic rings. The largest absolute Gasteiger partial charge is 0.465 e. The second kappa shape index (κ2) is 8.66. The Morgan fingerprint density at radius 1 is 1.07 bits per heavy atom. The van der Waals surface area contributed by atoms with Crippen LogP contribution in [0.1, 0.15) is 35.2 Å². The number of hydrogen-bond acceptors (Lipinski definition) is 3. The van der Waals surface area contributed by atoms with Gasteiger partial charge in [0.15, 0.2) is 0 Å². The van der Waals surface area contributed by atoms with Gasteiger partial charge in [0.25, 0.3) is 0 Å². The van der Waals surface area contributed by atoms with Crippen molar-refractivity contribution in [1.29, 1.82) is 0 Å². The molecule has 0 atom stereocenters.